The van der Waals surface area contributed by atoms with Gasteiger partial charge in [-0.25, -0.2) is 0 Å². The Balaban J connectivity index is 1.71. The molecule has 1 aromatic carbocycles. The molecule has 0 aliphatic carbocycles. The van der Waals surface area contributed by atoms with Crippen molar-refractivity contribution < 1.29 is 14.7 Å². The molecule has 0 saturated heterocycles. The fourth-order valence-electron chi connectivity index (χ4n) is 2.39. The molecule has 122 valence electrons. The van der Waals surface area contributed by atoms with Gasteiger partial charge in [-0.2, -0.15) is 0 Å². The Bertz CT molecular complexity index is 637. The molecular weight excluding hydrogens is 310 g/mol. The number of anilines is 1. The summed E-state index contributed by atoms with van der Waals surface area (Å²) in [5, 5.41) is 13.8. The van der Waals surface area contributed by atoms with Gasteiger partial charge in [0.05, 0.1) is 6.42 Å². The summed E-state index contributed by atoms with van der Waals surface area (Å²) in [6.07, 6.45) is 4.40. The number of hydrogen-bond acceptors (Lipinski definition) is 3. The number of rotatable bonds is 9. The van der Waals surface area contributed by atoms with Crippen LogP contribution < -0.4 is 5.32 Å². The summed E-state index contributed by atoms with van der Waals surface area (Å²) in [4.78, 5) is 24.2. The highest BCUT2D eigenvalue weighted by Crippen LogP contribution is 2.17. The Morgan fingerprint density at radius 1 is 1.04 bits per heavy atom. The third-order valence-electron chi connectivity index (χ3n) is 3.54. The lowest BCUT2D eigenvalue weighted by Crippen LogP contribution is -2.13. The summed E-state index contributed by atoms with van der Waals surface area (Å²) < 4.78 is 0. The van der Waals surface area contributed by atoms with Crippen molar-refractivity contribution in [3.05, 3.63) is 52.2 Å². The number of carboxylic acid groups (broad SMARTS) is 1. The van der Waals surface area contributed by atoms with Crippen LogP contribution in [0.2, 0.25) is 0 Å². The summed E-state index contributed by atoms with van der Waals surface area (Å²) in [6.45, 7) is 0. The third kappa shape index (κ3) is 6.24. The SMILES string of the molecule is O=C(O)Cc1ccccc1NC(=O)CCCCCc1cccs1. The van der Waals surface area contributed by atoms with Crippen LogP contribution in [-0.2, 0) is 22.4 Å². The molecule has 23 heavy (non-hydrogen) atoms. The van der Waals surface area contributed by atoms with E-state index in [1.165, 1.54) is 4.88 Å². The minimum absolute atomic E-state index is 0.0565. The molecule has 2 N–H and O–H groups in total. The first-order valence-corrected chi connectivity index (χ1v) is 8.65. The van der Waals surface area contributed by atoms with Crippen molar-refractivity contribution in [1.82, 2.24) is 0 Å². The van der Waals surface area contributed by atoms with E-state index in [0.29, 0.717) is 17.7 Å². The second kappa shape index (κ2) is 9.10. The standard InChI is InChI=1S/C18H21NO3S/c20-17(11-3-1-2-8-15-9-6-12-23-15)19-16-10-5-4-7-14(16)13-18(21)22/h4-7,9-10,12H,1-3,8,11,13H2,(H,19,20)(H,21,22). The molecule has 2 rings (SSSR count). The highest BCUT2D eigenvalue weighted by atomic mass is 32.1. The fourth-order valence-corrected chi connectivity index (χ4v) is 3.14. The van der Waals surface area contributed by atoms with E-state index in [4.69, 9.17) is 5.11 Å². The maximum Gasteiger partial charge on any atom is 0.307 e. The summed E-state index contributed by atoms with van der Waals surface area (Å²) >= 11 is 1.77. The number of aryl methyl sites for hydroxylation is 1. The van der Waals surface area contributed by atoms with Crippen LogP contribution in [0.25, 0.3) is 0 Å². The third-order valence-corrected chi connectivity index (χ3v) is 4.48. The van der Waals surface area contributed by atoms with E-state index < -0.39 is 5.97 Å². The van der Waals surface area contributed by atoms with Gasteiger partial charge in [-0.05, 0) is 42.3 Å². The summed E-state index contributed by atoms with van der Waals surface area (Å²) in [5.41, 5.74) is 1.23. The van der Waals surface area contributed by atoms with Gasteiger partial charge in [-0.15, -0.1) is 11.3 Å². The van der Waals surface area contributed by atoms with Crippen molar-refractivity contribution in [3.8, 4) is 0 Å². The second-order valence-corrected chi connectivity index (χ2v) is 6.45. The van der Waals surface area contributed by atoms with Crippen LogP contribution in [0.4, 0.5) is 5.69 Å². The topological polar surface area (TPSA) is 66.4 Å². The van der Waals surface area contributed by atoms with Crippen molar-refractivity contribution in [2.24, 2.45) is 0 Å². The number of carboxylic acids is 1. The van der Waals surface area contributed by atoms with Crippen LogP contribution >= 0.6 is 11.3 Å². The van der Waals surface area contributed by atoms with E-state index >= 15 is 0 Å². The van der Waals surface area contributed by atoms with Crippen molar-refractivity contribution in [1.29, 1.82) is 0 Å². The van der Waals surface area contributed by atoms with Crippen molar-refractivity contribution >= 4 is 28.9 Å². The van der Waals surface area contributed by atoms with Crippen LogP contribution in [0, 0.1) is 0 Å². The largest absolute Gasteiger partial charge is 0.481 e. The minimum atomic E-state index is -0.903. The van der Waals surface area contributed by atoms with Gasteiger partial charge in [0.15, 0.2) is 0 Å². The van der Waals surface area contributed by atoms with E-state index in [-0.39, 0.29) is 12.3 Å². The summed E-state index contributed by atoms with van der Waals surface area (Å²) in [5.74, 6) is -0.959. The van der Waals surface area contributed by atoms with Gasteiger partial charge in [0.25, 0.3) is 0 Å². The van der Waals surface area contributed by atoms with Crippen LogP contribution in [-0.4, -0.2) is 17.0 Å². The van der Waals surface area contributed by atoms with Gasteiger partial charge < -0.3 is 10.4 Å². The Labute approximate surface area is 140 Å². The zero-order valence-electron chi connectivity index (χ0n) is 13.0. The van der Waals surface area contributed by atoms with Crippen LogP contribution in [0.5, 0.6) is 0 Å². The molecule has 0 bridgehead atoms. The number of carbonyl (C=O) groups excluding carboxylic acids is 1. The van der Waals surface area contributed by atoms with Crippen LogP contribution in [0.15, 0.2) is 41.8 Å². The average Bonchev–Trinajstić information content (AvgIpc) is 3.02. The normalized spacial score (nSPS) is 10.4. The quantitative estimate of drug-likeness (QED) is 0.679. The molecule has 0 saturated carbocycles. The Morgan fingerprint density at radius 2 is 1.87 bits per heavy atom. The molecule has 4 nitrogen and oxygen atoms in total. The molecule has 1 aromatic heterocycles. The number of unbranched alkanes of at least 4 members (excludes halogenated alkanes) is 2. The average molecular weight is 331 g/mol. The number of carbonyl (C=O) groups is 2. The Hall–Kier alpha value is -2.14. The predicted molar refractivity (Wildman–Crippen MR) is 92.9 cm³/mol. The zero-order valence-corrected chi connectivity index (χ0v) is 13.8. The van der Waals surface area contributed by atoms with Gasteiger partial charge in [-0.3, -0.25) is 9.59 Å². The first-order chi connectivity index (χ1) is 11.1. The van der Waals surface area contributed by atoms with Crippen LogP contribution in [0.1, 0.15) is 36.1 Å². The molecule has 0 spiro atoms. The molecule has 0 fully saturated rings. The first kappa shape index (κ1) is 17.2. The number of benzene rings is 1. The molecular formula is C18H21NO3S. The van der Waals surface area contributed by atoms with E-state index in [9.17, 15) is 9.59 Å². The van der Waals surface area contributed by atoms with Crippen molar-refractivity contribution in [2.45, 2.75) is 38.5 Å². The Morgan fingerprint density at radius 3 is 2.61 bits per heavy atom. The monoisotopic (exact) mass is 331 g/mol. The number of amides is 1. The predicted octanol–water partition coefficient (Wildman–Crippen LogP) is 4.12. The van der Waals surface area contributed by atoms with Gasteiger partial charge in [0.1, 0.15) is 0 Å². The molecule has 1 heterocycles. The molecule has 1 amide bonds. The lowest BCUT2D eigenvalue weighted by molar-refractivity contribution is -0.136. The lowest BCUT2D eigenvalue weighted by atomic mass is 10.1. The lowest BCUT2D eigenvalue weighted by Gasteiger charge is -2.09. The fraction of sp³-hybridized carbons (Fsp3) is 0.333. The molecule has 0 aliphatic rings. The van der Waals surface area contributed by atoms with E-state index in [1.807, 2.05) is 0 Å². The van der Waals surface area contributed by atoms with Crippen molar-refractivity contribution in [2.75, 3.05) is 5.32 Å². The minimum Gasteiger partial charge on any atom is -0.481 e. The van der Waals surface area contributed by atoms with E-state index in [2.05, 4.69) is 22.8 Å². The number of para-hydroxylation sites is 1. The van der Waals surface area contributed by atoms with Crippen LogP contribution in [0.3, 0.4) is 0 Å². The molecule has 0 atom stereocenters. The maximum atomic E-state index is 12.0. The summed E-state index contributed by atoms with van der Waals surface area (Å²) in [7, 11) is 0. The number of hydrogen-bond donors (Lipinski definition) is 2. The van der Waals surface area contributed by atoms with Gasteiger partial charge in [0, 0.05) is 17.0 Å². The number of nitrogens with one attached hydrogen (secondary N) is 1. The molecule has 5 heteroatoms. The maximum absolute atomic E-state index is 12.0. The van der Waals surface area contributed by atoms with E-state index in [1.54, 1.807) is 35.6 Å². The molecule has 0 radical (unpaired) electrons. The van der Waals surface area contributed by atoms with Gasteiger partial charge in [0.2, 0.25) is 5.91 Å². The van der Waals surface area contributed by atoms with Gasteiger partial charge >= 0.3 is 5.97 Å². The first-order valence-electron chi connectivity index (χ1n) is 7.77. The zero-order chi connectivity index (χ0) is 16.5. The second-order valence-electron chi connectivity index (χ2n) is 5.42. The smallest absolute Gasteiger partial charge is 0.307 e. The Kier molecular flexibility index (Phi) is 6.81. The highest BCUT2D eigenvalue weighted by molar-refractivity contribution is 7.09. The van der Waals surface area contributed by atoms with Crippen molar-refractivity contribution in [3.63, 3.8) is 0 Å². The molecule has 0 aliphatic heterocycles. The highest BCUT2D eigenvalue weighted by Gasteiger charge is 2.09. The molecule has 2 aromatic rings. The summed E-state index contributed by atoms with van der Waals surface area (Å²) in [6, 6.07) is 11.2. The molecule has 0 unspecified atom stereocenters. The van der Waals surface area contributed by atoms with Gasteiger partial charge in [-0.1, -0.05) is 30.7 Å². The number of aliphatic carboxylic acids is 1. The van der Waals surface area contributed by atoms with E-state index in [0.717, 1.165) is 25.7 Å². The number of thiophene rings is 1.